The molecule has 0 aliphatic heterocycles. The molecule has 106 valence electrons. The molecule has 1 rings (SSSR count). The van der Waals surface area contributed by atoms with Crippen LogP contribution in [0, 0.1) is 5.92 Å². The van der Waals surface area contributed by atoms with E-state index in [0.29, 0.717) is 18.2 Å². The molecule has 0 fully saturated rings. The summed E-state index contributed by atoms with van der Waals surface area (Å²) >= 11 is 0. The second-order valence-corrected chi connectivity index (χ2v) is 5.27. The minimum atomic E-state index is -0.128. The lowest BCUT2D eigenvalue weighted by molar-refractivity contribution is 0.0946. The van der Waals surface area contributed by atoms with Crippen LogP contribution in [0.1, 0.15) is 24.3 Å². The van der Waals surface area contributed by atoms with E-state index in [2.05, 4.69) is 29.5 Å². The summed E-state index contributed by atoms with van der Waals surface area (Å²) in [4.78, 5) is 18.0. The van der Waals surface area contributed by atoms with Gasteiger partial charge in [-0.05, 0) is 32.1 Å². The van der Waals surface area contributed by atoms with E-state index in [0.717, 1.165) is 18.8 Å². The lowest BCUT2D eigenvalue weighted by Crippen LogP contribution is -2.31. The molecule has 0 spiro atoms. The molecule has 0 bridgehead atoms. The predicted molar refractivity (Wildman–Crippen MR) is 78.5 cm³/mol. The second-order valence-electron chi connectivity index (χ2n) is 5.27. The van der Waals surface area contributed by atoms with Gasteiger partial charge in [0.1, 0.15) is 5.69 Å². The van der Waals surface area contributed by atoms with Gasteiger partial charge in [-0.3, -0.25) is 4.79 Å². The number of carbonyl (C=O) groups excluding carboxylic acids is 1. The lowest BCUT2D eigenvalue weighted by atomic mass is 10.2. The largest absolute Gasteiger partial charge is 0.384 e. The van der Waals surface area contributed by atoms with Crippen molar-refractivity contribution in [2.45, 2.75) is 13.8 Å². The highest BCUT2D eigenvalue weighted by atomic mass is 16.1. The topological polar surface area (TPSA) is 57.3 Å². The predicted octanol–water partition coefficient (Wildman–Crippen LogP) is 1.44. The zero-order chi connectivity index (χ0) is 14.3. The molecule has 5 heteroatoms. The highest BCUT2D eigenvalue weighted by Crippen LogP contribution is 2.07. The Labute approximate surface area is 115 Å². The fourth-order valence-corrected chi connectivity index (χ4v) is 1.44. The van der Waals surface area contributed by atoms with Gasteiger partial charge in [-0.1, -0.05) is 13.8 Å². The van der Waals surface area contributed by atoms with Crippen LogP contribution in [-0.4, -0.2) is 49.5 Å². The van der Waals surface area contributed by atoms with E-state index in [9.17, 15) is 4.79 Å². The van der Waals surface area contributed by atoms with Crippen LogP contribution in [0.5, 0.6) is 0 Å². The van der Waals surface area contributed by atoms with Gasteiger partial charge in [0.2, 0.25) is 0 Å². The van der Waals surface area contributed by atoms with Crippen LogP contribution in [0.15, 0.2) is 18.3 Å². The van der Waals surface area contributed by atoms with Gasteiger partial charge in [-0.15, -0.1) is 0 Å². The van der Waals surface area contributed by atoms with Gasteiger partial charge >= 0.3 is 0 Å². The maximum Gasteiger partial charge on any atom is 0.269 e. The first-order valence-electron chi connectivity index (χ1n) is 6.62. The Morgan fingerprint density at radius 1 is 1.37 bits per heavy atom. The van der Waals surface area contributed by atoms with Crippen LogP contribution >= 0.6 is 0 Å². The Balaban J connectivity index is 2.44. The first kappa shape index (κ1) is 15.4. The van der Waals surface area contributed by atoms with Crippen LogP contribution in [0.2, 0.25) is 0 Å². The van der Waals surface area contributed by atoms with Gasteiger partial charge in [-0.25, -0.2) is 4.98 Å². The summed E-state index contributed by atoms with van der Waals surface area (Å²) in [5, 5.41) is 6.10. The number of amides is 1. The van der Waals surface area contributed by atoms with E-state index in [-0.39, 0.29) is 5.91 Å². The standard InChI is InChI=1S/C14H24N4O/c1-11(2)9-16-12-5-6-13(17-10-12)14(19)15-7-8-18(3)4/h5-6,10-11,16H,7-9H2,1-4H3,(H,15,19). The fourth-order valence-electron chi connectivity index (χ4n) is 1.44. The molecule has 5 nitrogen and oxygen atoms in total. The van der Waals surface area contributed by atoms with Gasteiger partial charge in [0.25, 0.3) is 5.91 Å². The van der Waals surface area contributed by atoms with Gasteiger partial charge < -0.3 is 15.5 Å². The summed E-state index contributed by atoms with van der Waals surface area (Å²) in [6, 6.07) is 3.63. The van der Waals surface area contributed by atoms with Crippen molar-refractivity contribution < 1.29 is 4.79 Å². The van der Waals surface area contributed by atoms with E-state index in [4.69, 9.17) is 0 Å². The third-order valence-corrected chi connectivity index (χ3v) is 2.56. The molecule has 1 aromatic rings. The van der Waals surface area contributed by atoms with E-state index in [1.165, 1.54) is 0 Å². The minimum Gasteiger partial charge on any atom is -0.384 e. The first-order chi connectivity index (χ1) is 8.99. The Morgan fingerprint density at radius 2 is 2.11 bits per heavy atom. The van der Waals surface area contributed by atoms with Crippen molar-refractivity contribution in [3.8, 4) is 0 Å². The minimum absolute atomic E-state index is 0.128. The zero-order valence-corrected chi connectivity index (χ0v) is 12.2. The molecule has 0 aromatic carbocycles. The van der Waals surface area contributed by atoms with Crippen LogP contribution in [-0.2, 0) is 0 Å². The number of anilines is 1. The van der Waals surface area contributed by atoms with Gasteiger partial charge in [0.15, 0.2) is 0 Å². The van der Waals surface area contributed by atoms with Crippen molar-refractivity contribution in [1.82, 2.24) is 15.2 Å². The number of aromatic nitrogens is 1. The fraction of sp³-hybridized carbons (Fsp3) is 0.571. The Morgan fingerprint density at radius 3 is 2.63 bits per heavy atom. The normalized spacial score (nSPS) is 10.8. The molecule has 0 atom stereocenters. The third-order valence-electron chi connectivity index (χ3n) is 2.56. The van der Waals surface area contributed by atoms with E-state index in [1.807, 2.05) is 25.1 Å². The summed E-state index contributed by atoms with van der Waals surface area (Å²) in [5.41, 5.74) is 1.40. The lowest BCUT2D eigenvalue weighted by Gasteiger charge is -2.11. The molecule has 19 heavy (non-hydrogen) atoms. The SMILES string of the molecule is CC(C)CNc1ccc(C(=O)NCCN(C)C)nc1. The molecule has 0 saturated carbocycles. The van der Waals surface area contributed by atoms with Gasteiger partial charge in [0.05, 0.1) is 11.9 Å². The number of nitrogens with zero attached hydrogens (tertiary/aromatic N) is 2. The average Bonchev–Trinajstić information content (AvgIpc) is 2.36. The summed E-state index contributed by atoms with van der Waals surface area (Å²) in [5.74, 6) is 0.450. The van der Waals surface area contributed by atoms with Crippen LogP contribution < -0.4 is 10.6 Å². The van der Waals surface area contributed by atoms with E-state index >= 15 is 0 Å². The second kappa shape index (κ2) is 7.74. The highest BCUT2D eigenvalue weighted by Gasteiger charge is 2.06. The number of pyridine rings is 1. The van der Waals surface area contributed by atoms with Crippen molar-refractivity contribution in [1.29, 1.82) is 0 Å². The van der Waals surface area contributed by atoms with Crippen molar-refractivity contribution in [3.63, 3.8) is 0 Å². The molecular weight excluding hydrogens is 240 g/mol. The number of likely N-dealkylation sites (N-methyl/N-ethyl adjacent to an activating group) is 1. The maximum atomic E-state index is 11.8. The average molecular weight is 264 g/mol. The van der Waals surface area contributed by atoms with E-state index < -0.39 is 0 Å². The summed E-state index contributed by atoms with van der Waals surface area (Å²) < 4.78 is 0. The van der Waals surface area contributed by atoms with Crippen molar-refractivity contribution >= 4 is 11.6 Å². The summed E-state index contributed by atoms with van der Waals surface area (Å²) in [6.45, 7) is 6.64. The molecular formula is C14H24N4O. The molecule has 1 aromatic heterocycles. The van der Waals surface area contributed by atoms with Crippen molar-refractivity contribution in [3.05, 3.63) is 24.0 Å². The summed E-state index contributed by atoms with van der Waals surface area (Å²) in [6.07, 6.45) is 1.70. The third kappa shape index (κ3) is 6.20. The number of hydrogen-bond acceptors (Lipinski definition) is 4. The smallest absolute Gasteiger partial charge is 0.269 e. The Bertz CT molecular complexity index is 387. The quantitative estimate of drug-likeness (QED) is 0.782. The first-order valence-corrected chi connectivity index (χ1v) is 6.62. The number of rotatable bonds is 7. The number of carbonyl (C=O) groups is 1. The van der Waals surface area contributed by atoms with Gasteiger partial charge in [-0.2, -0.15) is 0 Å². The molecule has 1 amide bonds. The van der Waals surface area contributed by atoms with Crippen molar-refractivity contribution in [2.24, 2.45) is 5.92 Å². The molecule has 0 saturated heterocycles. The van der Waals surface area contributed by atoms with Crippen LogP contribution in [0.3, 0.4) is 0 Å². The number of hydrogen-bond donors (Lipinski definition) is 2. The molecule has 0 aliphatic carbocycles. The molecule has 0 aliphatic rings. The highest BCUT2D eigenvalue weighted by molar-refractivity contribution is 5.92. The molecule has 0 radical (unpaired) electrons. The Hall–Kier alpha value is -1.62. The van der Waals surface area contributed by atoms with Gasteiger partial charge in [0, 0.05) is 19.6 Å². The van der Waals surface area contributed by atoms with Crippen molar-refractivity contribution in [2.75, 3.05) is 39.0 Å². The Kier molecular flexibility index (Phi) is 6.29. The summed E-state index contributed by atoms with van der Waals surface area (Å²) in [7, 11) is 3.94. The monoisotopic (exact) mass is 264 g/mol. The maximum absolute atomic E-state index is 11.8. The van der Waals surface area contributed by atoms with E-state index in [1.54, 1.807) is 12.3 Å². The molecule has 1 heterocycles. The molecule has 0 unspecified atom stereocenters. The van der Waals surface area contributed by atoms with Crippen LogP contribution in [0.4, 0.5) is 5.69 Å². The van der Waals surface area contributed by atoms with Crippen LogP contribution in [0.25, 0.3) is 0 Å². The number of nitrogens with one attached hydrogen (secondary N) is 2. The molecule has 2 N–H and O–H groups in total. The zero-order valence-electron chi connectivity index (χ0n) is 12.2.